The van der Waals surface area contributed by atoms with Crippen LogP contribution in [0, 0.1) is 6.92 Å². The molecule has 1 fully saturated rings. The van der Waals surface area contributed by atoms with E-state index in [9.17, 15) is 5.11 Å². The molecule has 0 radical (unpaired) electrons. The molecule has 0 amide bonds. The number of nitrogens with zero attached hydrogens (tertiary/aromatic N) is 3. The standard InChI is InChI=1S/C25H20Cl2N4OS/c1-15-13-17(8-9-18(15)27)30-12-4-6-20(30)24-23(19-5-2-3-11-28-19)29-25(33)31(24)21-14-16(26)7-10-22(21)32/h2-14,23-24,32H,1H3,(H,29,33)/t23-,24+/m0/s1. The highest BCUT2D eigenvalue weighted by molar-refractivity contribution is 7.80. The van der Waals surface area contributed by atoms with Crippen molar-refractivity contribution in [3.05, 3.63) is 106 Å². The summed E-state index contributed by atoms with van der Waals surface area (Å²) in [6.07, 6.45) is 3.77. The highest BCUT2D eigenvalue weighted by atomic mass is 35.5. The first-order valence-electron chi connectivity index (χ1n) is 10.4. The average molecular weight is 495 g/mol. The molecule has 166 valence electrons. The normalized spacial score (nSPS) is 17.9. The molecule has 2 aromatic carbocycles. The number of thiocarbonyl (C=S) groups is 1. The fraction of sp³-hybridized carbons (Fsp3) is 0.120. The SMILES string of the molecule is Cc1cc(-n2cccc2[C@@H]2[C@H](c3ccccn3)NC(=S)N2c2cc(Cl)ccc2O)ccc1Cl. The number of aromatic hydroxyl groups is 1. The fourth-order valence-corrected chi connectivity index (χ4v) is 4.88. The molecule has 0 spiro atoms. The van der Waals surface area contributed by atoms with Crippen molar-refractivity contribution in [3.8, 4) is 11.4 Å². The second-order valence-corrected chi connectivity index (χ2v) is 9.10. The first-order chi connectivity index (χ1) is 15.9. The Balaban J connectivity index is 1.70. The first-order valence-corrected chi connectivity index (χ1v) is 11.5. The minimum Gasteiger partial charge on any atom is -0.506 e. The third-order valence-corrected chi connectivity index (χ3v) is 6.77. The van der Waals surface area contributed by atoms with E-state index < -0.39 is 0 Å². The Kier molecular flexibility index (Phi) is 5.74. The van der Waals surface area contributed by atoms with Gasteiger partial charge in [-0.15, -0.1) is 0 Å². The molecule has 0 bridgehead atoms. The summed E-state index contributed by atoms with van der Waals surface area (Å²) in [6, 6.07) is 20.2. The molecule has 2 atom stereocenters. The molecule has 8 heteroatoms. The van der Waals surface area contributed by atoms with Gasteiger partial charge in [-0.2, -0.15) is 0 Å². The van der Waals surface area contributed by atoms with Crippen LogP contribution in [0.5, 0.6) is 5.75 Å². The zero-order valence-corrected chi connectivity index (χ0v) is 19.9. The van der Waals surface area contributed by atoms with Gasteiger partial charge in [0.25, 0.3) is 0 Å². The van der Waals surface area contributed by atoms with Gasteiger partial charge in [0, 0.05) is 33.8 Å². The molecule has 2 N–H and O–H groups in total. The number of halogens is 2. The van der Waals surface area contributed by atoms with E-state index in [0.29, 0.717) is 20.8 Å². The van der Waals surface area contributed by atoms with Crippen LogP contribution in [-0.4, -0.2) is 19.8 Å². The van der Waals surface area contributed by atoms with E-state index in [0.717, 1.165) is 22.6 Å². The number of phenolic OH excluding ortho intramolecular Hbond substituents is 1. The Hall–Kier alpha value is -3.06. The highest BCUT2D eigenvalue weighted by Gasteiger charge is 2.43. The topological polar surface area (TPSA) is 53.3 Å². The molecule has 4 aromatic rings. The van der Waals surface area contributed by atoms with Crippen molar-refractivity contribution in [2.24, 2.45) is 0 Å². The van der Waals surface area contributed by atoms with Crippen LogP contribution in [0.4, 0.5) is 5.69 Å². The zero-order chi connectivity index (χ0) is 23.1. The number of aryl methyl sites for hydroxylation is 1. The quantitative estimate of drug-likeness (QED) is 0.322. The van der Waals surface area contributed by atoms with E-state index in [-0.39, 0.29) is 17.8 Å². The van der Waals surface area contributed by atoms with Crippen LogP contribution in [0.25, 0.3) is 5.69 Å². The third-order valence-electron chi connectivity index (χ3n) is 5.80. The Bertz CT molecular complexity index is 1340. The molecule has 1 saturated heterocycles. The van der Waals surface area contributed by atoms with E-state index in [1.165, 1.54) is 0 Å². The number of benzene rings is 2. The lowest BCUT2D eigenvalue weighted by Gasteiger charge is -2.29. The molecular weight excluding hydrogens is 475 g/mol. The highest BCUT2D eigenvalue weighted by Crippen LogP contribution is 2.45. The summed E-state index contributed by atoms with van der Waals surface area (Å²) >= 11 is 18.3. The second-order valence-electron chi connectivity index (χ2n) is 7.87. The van der Waals surface area contributed by atoms with Gasteiger partial charge in [0.1, 0.15) is 11.8 Å². The minimum absolute atomic E-state index is 0.0932. The Morgan fingerprint density at radius 1 is 1.03 bits per heavy atom. The van der Waals surface area contributed by atoms with Gasteiger partial charge >= 0.3 is 0 Å². The maximum Gasteiger partial charge on any atom is 0.174 e. The number of pyridine rings is 1. The van der Waals surface area contributed by atoms with Crippen LogP contribution in [0.15, 0.2) is 79.1 Å². The molecule has 5 rings (SSSR count). The van der Waals surface area contributed by atoms with Crippen LogP contribution in [0.2, 0.25) is 10.0 Å². The van der Waals surface area contributed by atoms with Crippen LogP contribution < -0.4 is 10.2 Å². The second kappa shape index (κ2) is 8.71. The first kappa shape index (κ1) is 21.8. The van der Waals surface area contributed by atoms with Gasteiger partial charge in [-0.25, -0.2) is 0 Å². The largest absolute Gasteiger partial charge is 0.506 e. The number of hydrogen-bond acceptors (Lipinski definition) is 3. The summed E-state index contributed by atoms with van der Waals surface area (Å²) in [5.41, 5.74) is 4.31. The monoisotopic (exact) mass is 494 g/mol. The molecular formula is C25H20Cl2N4OS. The minimum atomic E-state index is -0.303. The van der Waals surface area contributed by atoms with Gasteiger partial charge in [0.05, 0.1) is 17.4 Å². The van der Waals surface area contributed by atoms with Crippen LogP contribution >= 0.6 is 35.4 Å². The molecule has 33 heavy (non-hydrogen) atoms. The van der Waals surface area contributed by atoms with Crippen molar-refractivity contribution in [2.45, 2.75) is 19.0 Å². The van der Waals surface area contributed by atoms with Crippen LogP contribution in [0.1, 0.15) is 29.0 Å². The fourth-order valence-electron chi connectivity index (χ4n) is 4.25. The maximum absolute atomic E-state index is 10.7. The molecule has 0 aliphatic carbocycles. The Morgan fingerprint density at radius 3 is 2.64 bits per heavy atom. The summed E-state index contributed by atoms with van der Waals surface area (Å²) < 4.78 is 2.11. The number of phenols is 1. The summed E-state index contributed by atoms with van der Waals surface area (Å²) in [6.45, 7) is 1.98. The number of anilines is 1. The number of nitrogens with one attached hydrogen (secondary N) is 1. The van der Waals surface area contributed by atoms with Gasteiger partial charge in [-0.3, -0.25) is 4.98 Å². The van der Waals surface area contributed by atoms with Gasteiger partial charge in [0.15, 0.2) is 5.11 Å². The lowest BCUT2D eigenvalue weighted by atomic mass is 10.0. The molecule has 0 saturated carbocycles. The molecule has 1 aliphatic rings. The molecule has 1 aliphatic heterocycles. The number of rotatable bonds is 4. The number of hydrogen-bond donors (Lipinski definition) is 2. The smallest absolute Gasteiger partial charge is 0.174 e. The predicted molar refractivity (Wildman–Crippen MR) is 137 cm³/mol. The van der Waals surface area contributed by atoms with Crippen LogP contribution in [-0.2, 0) is 0 Å². The van der Waals surface area contributed by atoms with Crippen molar-refractivity contribution < 1.29 is 5.11 Å². The summed E-state index contributed by atoms with van der Waals surface area (Å²) in [4.78, 5) is 6.49. The lowest BCUT2D eigenvalue weighted by molar-refractivity contribution is 0.472. The van der Waals surface area contributed by atoms with Crippen molar-refractivity contribution in [2.75, 3.05) is 4.90 Å². The van der Waals surface area contributed by atoms with Gasteiger partial charge in [-0.05, 0) is 85.4 Å². The number of aromatic nitrogens is 2. The Labute approximate surface area is 207 Å². The van der Waals surface area contributed by atoms with Crippen molar-refractivity contribution in [3.63, 3.8) is 0 Å². The van der Waals surface area contributed by atoms with Gasteiger partial charge in [-0.1, -0.05) is 29.3 Å². The summed E-state index contributed by atoms with van der Waals surface area (Å²) in [5, 5.41) is 15.8. The predicted octanol–water partition coefficient (Wildman–Crippen LogP) is 6.37. The van der Waals surface area contributed by atoms with E-state index >= 15 is 0 Å². The zero-order valence-electron chi connectivity index (χ0n) is 17.6. The van der Waals surface area contributed by atoms with E-state index in [2.05, 4.69) is 20.9 Å². The van der Waals surface area contributed by atoms with Crippen LogP contribution in [0.3, 0.4) is 0 Å². The van der Waals surface area contributed by atoms with Crippen molar-refractivity contribution in [1.29, 1.82) is 0 Å². The van der Waals surface area contributed by atoms with E-state index in [1.807, 2.05) is 60.5 Å². The lowest BCUT2D eigenvalue weighted by Crippen LogP contribution is -2.30. The third kappa shape index (κ3) is 3.95. The van der Waals surface area contributed by atoms with E-state index in [4.69, 9.17) is 35.4 Å². The van der Waals surface area contributed by atoms with E-state index in [1.54, 1.807) is 24.4 Å². The van der Waals surface area contributed by atoms with Crippen molar-refractivity contribution in [1.82, 2.24) is 14.9 Å². The molecule has 0 unspecified atom stereocenters. The van der Waals surface area contributed by atoms with Gasteiger partial charge in [0.2, 0.25) is 0 Å². The summed E-state index contributed by atoms with van der Waals surface area (Å²) in [7, 11) is 0. The maximum atomic E-state index is 10.7. The molecule has 3 heterocycles. The molecule has 2 aromatic heterocycles. The van der Waals surface area contributed by atoms with Gasteiger partial charge < -0.3 is 19.9 Å². The van der Waals surface area contributed by atoms with Crippen molar-refractivity contribution >= 4 is 46.2 Å². The Morgan fingerprint density at radius 2 is 1.88 bits per heavy atom. The molecule has 5 nitrogen and oxygen atoms in total. The average Bonchev–Trinajstić information content (AvgIpc) is 3.42. The summed E-state index contributed by atoms with van der Waals surface area (Å²) in [5.74, 6) is 0.0932.